The molecule has 0 unspecified atom stereocenters. The molecule has 0 aliphatic rings. The summed E-state index contributed by atoms with van der Waals surface area (Å²) in [5, 5.41) is 1.52. The lowest BCUT2D eigenvalue weighted by atomic mass is 9.94. The molecule has 0 N–H and O–H groups in total. The molecule has 0 atom stereocenters. The van der Waals surface area contributed by atoms with Gasteiger partial charge >= 0.3 is 0 Å². The molecule has 0 aromatic heterocycles. The van der Waals surface area contributed by atoms with E-state index in [0.29, 0.717) is 5.41 Å². The molecule has 1 rings (SSSR count). The van der Waals surface area contributed by atoms with Crippen LogP contribution in [0.1, 0.15) is 27.2 Å². The van der Waals surface area contributed by atoms with Gasteiger partial charge in [-0.1, -0.05) is 63.3 Å². The summed E-state index contributed by atoms with van der Waals surface area (Å²) in [6, 6.07) is 10.8. The molecule has 0 aliphatic carbocycles. The fraction of sp³-hybridized carbons (Fsp3) is 0.462. The minimum absolute atomic E-state index is 0.425. The van der Waals surface area contributed by atoms with Crippen molar-refractivity contribution in [2.45, 2.75) is 33.7 Å². The zero-order chi connectivity index (χ0) is 10.6. The van der Waals surface area contributed by atoms with Gasteiger partial charge in [-0.3, -0.25) is 0 Å². The van der Waals surface area contributed by atoms with Gasteiger partial charge in [0.15, 0.2) is 0 Å². The molecule has 14 heavy (non-hydrogen) atoms. The Labute approximate surface area is 89.2 Å². The van der Waals surface area contributed by atoms with Crippen molar-refractivity contribution in [1.82, 2.24) is 0 Å². The smallest absolute Gasteiger partial charge is 0.0384 e. The molecule has 0 spiro atoms. The van der Waals surface area contributed by atoms with E-state index in [4.69, 9.17) is 0 Å². The highest BCUT2D eigenvalue weighted by molar-refractivity contribution is 6.77. The predicted octanol–water partition coefficient (Wildman–Crippen LogP) is 2.84. The minimum atomic E-state index is -0.425. The van der Waals surface area contributed by atoms with E-state index in [0.717, 1.165) is 0 Å². The zero-order valence-corrected chi connectivity index (χ0v) is 10.7. The summed E-state index contributed by atoms with van der Waals surface area (Å²) in [7, 11) is -0.425. The van der Waals surface area contributed by atoms with Gasteiger partial charge in [0.25, 0.3) is 0 Å². The van der Waals surface area contributed by atoms with Crippen LogP contribution in [0.25, 0.3) is 0 Å². The first-order valence-corrected chi connectivity index (χ1v) is 7.29. The Balaban J connectivity index is 2.71. The van der Waals surface area contributed by atoms with Crippen LogP contribution >= 0.6 is 0 Å². The van der Waals surface area contributed by atoms with Gasteiger partial charge in [0.05, 0.1) is 0 Å². The highest BCUT2D eigenvalue weighted by atomic mass is 28.2. The van der Waals surface area contributed by atoms with Crippen molar-refractivity contribution >= 4 is 19.3 Å². The van der Waals surface area contributed by atoms with Crippen molar-refractivity contribution in [3.05, 3.63) is 30.3 Å². The molecule has 0 bridgehead atoms. The van der Waals surface area contributed by atoms with E-state index in [-0.39, 0.29) is 0 Å². The molecule has 76 valence electrons. The second-order valence-electron chi connectivity index (χ2n) is 5.02. The third-order valence-electron chi connectivity index (χ3n) is 2.25. The zero-order valence-electron chi connectivity index (χ0n) is 9.67. The first-order valence-electron chi connectivity index (χ1n) is 5.21. The maximum Gasteiger partial charge on any atom is 0.0384 e. The molecule has 0 nitrogen and oxygen atoms in total. The largest absolute Gasteiger partial charge is 0.0991 e. The van der Waals surface area contributed by atoms with Crippen LogP contribution < -0.4 is 5.19 Å². The van der Waals surface area contributed by atoms with Crippen LogP contribution in [0.4, 0.5) is 0 Å². The molecule has 1 aromatic rings. The molecule has 1 aromatic carbocycles. The summed E-state index contributed by atoms with van der Waals surface area (Å²) in [5.74, 6) is 0. The maximum absolute atomic E-state index is 2.51. The second-order valence-corrected chi connectivity index (χ2v) is 7.37. The number of benzene rings is 1. The fourth-order valence-electron chi connectivity index (χ4n) is 1.28. The topological polar surface area (TPSA) is 0 Å². The summed E-state index contributed by atoms with van der Waals surface area (Å²) in [6.07, 6.45) is 1.21. The monoisotopic (exact) mass is 204 g/mol. The highest BCUT2D eigenvalue weighted by Gasteiger charge is 2.07. The van der Waals surface area contributed by atoms with Crippen molar-refractivity contribution in [2.75, 3.05) is 0 Å². The van der Waals surface area contributed by atoms with Gasteiger partial charge in [-0.2, -0.15) is 0 Å². The Hall–Kier alpha value is -0.693. The van der Waals surface area contributed by atoms with E-state index in [2.05, 4.69) is 63.3 Å². The molecular weight excluding hydrogens is 184 g/mol. The van der Waals surface area contributed by atoms with Gasteiger partial charge in [-0.25, -0.2) is 0 Å². The lowest BCUT2D eigenvalue weighted by Gasteiger charge is -2.15. The van der Waals surface area contributed by atoms with Gasteiger partial charge in [0.1, 0.15) is 0 Å². The van der Waals surface area contributed by atoms with Gasteiger partial charge in [0.2, 0.25) is 0 Å². The standard InChI is InChI=1S/C13H20Si/c1-13(2,3)10-11-14(4)12-8-6-5-7-9-12/h5-9,11H,10H2,1-4H3/b14-11+. The van der Waals surface area contributed by atoms with Crippen molar-refractivity contribution in [3.63, 3.8) is 0 Å². The quantitative estimate of drug-likeness (QED) is 0.650. The Morgan fingerprint density at radius 1 is 1.14 bits per heavy atom. The van der Waals surface area contributed by atoms with Crippen LogP contribution in [-0.2, 0) is 0 Å². The van der Waals surface area contributed by atoms with Crippen LogP contribution in [0, 0.1) is 5.41 Å². The van der Waals surface area contributed by atoms with Gasteiger partial charge in [-0.05, 0) is 17.0 Å². The molecule has 0 fully saturated rings. The van der Waals surface area contributed by atoms with E-state index in [1.165, 1.54) is 11.6 Å². The molecule has 0 aliphatic heterocycles. The van der Waals surface area contributed by atoms with Gasteiger partial charge < -0.3 is 0 Å². The van der Waals surface area contributed by atoms with Crippen molar-refractivity contribution < 1.29 is 0 Å². The Morgan fingerprint density at radius 2 is 1.71 bits per heavy atom. The average Bonchev–Trinajstić information content (AvgIpc) is 2.14. The van der Waals surface area contributed by atoms with Crippen molar-refractivity contribution in [3.8, 4) is 0 Å². The molecule has 0 heterocycles. The maximum atomic E-state index is 2.51. The molecule has 0 amide bonds. The van der Waals surface area contributed by atoms with Crippen LogP contribution in [0.3, 0.4) is 0 Å². The summed E-state index contributed by atoms with van der Waals surface area (Å²) in [5.41, 5.74) is 2.95. The highest BCUT2D eigenvalue weighted by Crippen LogP contribution is 2.15. The van der Waals surface area contributed by atoms with E-state index < -0.39 is 8.41 Å². The summed E-state index contributed by atoms with van der Waals surface area (Å²) in [4.78, 5) is 0. The van der Waals surface area contributed by atoms with Crippen LogP contribution in [0.2, 0.25) is 6.55 Å². The first kappa shape index (κ1) is 11.4. The lowest BCUT2D eigenvalue weighted by Crippen LogP contribution is -2.21. The summed E-state index contributed by atoms with van der Waals surface area (Å²) >= 11 is 0. The number of rotatable bonds is 2. The van der Waals surface area contributed by atoms with E-state index in [9.17, 15) is 0 Å². The third-order valence-corrected chi connectivity index (χ3v) is 4.31. The SMILES string of the molecule is C/[Si](=C\CC(C)(C)C)c1ccccc1. The summed E-state index contributed by atoms with van der Waals surface area (Å²) < 4.78 is 0. The molecule has 0 saturated carbocycles. The lowest BCUT2D eigenvalue weighted by molar-refractivity contribution is 0.439. The fourth-order valence-corrected chi connectivity index (χ4v) is 3.15. The molecule has 0 radical (unpaired) electrons. The summed E-state index contributed by atoms with van der Waals surface area (Å²) in [6.45, 7) is 9.25. The Morgan fingerprint density at radius 3 is 2.21 bits per heavy atom. The van der Waals surface area contributed by atoms with Crippen LogP contribution in [0.15, 0.2) is 30.3 Å². The Bertz CT molecular complexity index is 304. The average molecular weight is 204 g/mol. The van der Waals surface area contributed by atoms with E-state index >= 15 is 0 Å². The third kappa shape index (κ3) is 4.01. The van der Waals surface area contributed by atoms with E-state index in [1.54, 1.807) is 0 Å². The van der Waals surface area contributed by atoms with Crippen molar-refractivity contribution in [1.29, 1.82) is 0 Å². The van der Waals surface area contributed by atoms with E-state index in [1.807, 2.05) is 0 Å². The first-order chi connectivity index (χ1) is 6.49. The van der Waals surface area contributed by atoms with Gasteiger partial charge in [-0.15, -0.1) is 0 Å². The molecule has 1 heteroatoms. The molecule has 0 saturated heterocycles. The number of hydrogen-bond donors (Lipinski definition) is 0. The minimum Gasteiger partial charge on any atom is -0.0991 e. The predicted molar refractivity (Wildman–Crippen MR) is 67.8 cm³/mol. The van der Waals surface area contributed by atoms with Crippen LogP contribution in [0.5, 0.6) is 0 Å². The number of hydrogen-bond acceptors (Lipinski definition) is 0. The second kappa shape index (κ2) is 4.69. The van der Waals surface area contributed by atoms with Crippen molar-refractivity contribution in [2.24, 2.45) is 5.41 Å². The molecular formula is C13H20Si. The van der Waals surface area contributed by atoms with Crippen LogP contribution in [-0.4, -0.2) is 14.1 Å². The normalized spacial score (nSPS) is 13.0. The van der Waals surface area contributed by atoms with Gasteiger partial charge in [0, 0.05) is 8.41 Å². The Kier molecular flexibility index (Phi) is 3.82.